The Morgan fingerprint density at radius 3 is 2.85 bits per heavy atom. The Labute approximate surface area is 155 Å². The van der Waals surface area contributed by atoms with E-state index in [1.807, 2.05) is 31.2 Å². The number of carbonyl (C=O) groups excluding carboxylic acids is 1. The van der Waals surface area contributed by atoms with Crippen molar-refractivity contribution < 1.29 is 24.2 Å². The SMILES string of the molecule is CCOc1ccc(-c2nc(C(=O)N3CCO[C@H](CC(=O)O)C3)cs2)cc1. The number of aliphatic carboxylic acids is 1. The van der Waals surface area contributed by atoms with E-state index in [0.717, 1.165) is 16.3 Å². The fourth-order valence-corrected chi connectivity index (χ4v) is 3.55. The van der Waals surface area contributed by atoms with Crippen molar-refractivity contribution in [2.24, 2.45) is 0 Å². The second-order valence-corrected chi connectivity index (χ2v) is 6.70. The maximum Gasteiger partial charge on any atom is 0.306 e. The summed E-state index contributed by atoms with van der Waals surface area (Å²) in [6, 6.07) is 7.58. The van der Waals surface area contributed by atoms with E-state index in [2.05, 4.69) is 4.98 Å². The van der Waals surface area contributed by atoms with E-state index in [9.17, 15) is 9.59 Å². The van der Waals surface area contributed by atoms with Crippen molar-refractivity contribution in [1.82, 2.24) is 9.88 Å². The average Bonchev–Trinajstić information content (AvgIpc) is 3.12. The van der Waals surface area contributed by atoms with Crippen molar-refractivity contribution in [2.75, 3.05) is 26.3 Å². The lowest BCUT2D eigenvalue weighted by Gasteiger charge is -2.31. The van der Waals surface area contributed by atoms with Crippen LogP contribution in [-0.4, -0.2) is 59.3 Å². The van der Waals surface area contributed by atoms with Crippen LogP contribution in [0.2, 0.25) is 0 Å². The number of ether oxygens (including phenoxy) is 2. The molecule has 1 atom stereocenters. The van der Waals surface area contributed by atoms with Gasteiger partial charge in [0.2, 0.25) is 0 Å². The molecular weight excluding hydrogens is 356 g/mol. The monoisotopic (exact) mass is 376 g/mol. The molecule has 26 heavy (non-hydrogen) atoms. The highest BCUT2D eigenvalue weighted by molar-refractivity contribution is 7.13. The highest BCUT2D eigenvalue weighted by atomic mass is 32.1. The first-order valence-corrected chi connectivity index (χ1v) is 9.26. The van der Waals surface area contributed by atoms with Crippen molar-refractivity contribution in [3.8, 4) is 16.3 Å². The maximum atomic E-state index is 12.7. The highest BCUT2D eigenvalue weighted by Crippen LogP contribution is 2.26. The summed E-state index contributed by atoms with van der Waals surface area (Å²) in [6.45, 7) is 3.57. The van der Waals surface area contributed by atoms with Gasteiger partial charge in [0.1, 0.15) is 16.5 Å². The first kappa shape index (κ1) is 18.3. The first-order chi connectivity index (χ1) is 12.6. The predicted molar refractivity (Wildman–Crippen MR) is 96.6 cm³/mol. The number of hydrogen-bond donors (Lipinski definition) is 1. The molecule has 0 radical (unpaired) electrons. The van der Waals surface area contributed by atoms with Crippen LogP contribution in [0.4, 0.5) is 0 Å². The highest BCUT2D eigenvalue weighted by Gasteiger charge is 2.27. The minimum absolute atomic E-state index is 0.113. The zero-order valence-electron chi connectivity index (χ0n) is 14.4. The van der Waals surface area contributed by atoms with Crippen LogP contribution in [-0.2, 0) is 9.53 Å². The molecule has 1 aromatic heterocycles. The molecule has 138 valence electrons. The van der Waals surface area contributed by atoms with E-state index < -0.39 is 12.1 Å². The molecule has 3 rings (SSSR count). The molecule has 0 saturated carbocycles. The minimum atomic E-state index is -0.934. The van der Waals surface area contributed by atoms with Gasteiger partial charge in [0.05, 0.1) is 25.7 Å². The molecule has 1 fully saturated rings. The molecule has 1 saturated heterocycles. The fourth-order valence-electron chi connectivity index (χ4n) is 2.75. The van der Waals surface area contributed by atoms with Gasteiger partial charge in [0.25, 0.3) is 5.91 Å². The lowest BCUT2D eigenvalue weighted by Crippen LogP contribution is -2.46. The van der Waals surface area contributed by atoms with Crippen LogP contribution in [0, 0.1) is 0 Å². The van der Waals surface area contributed by atoms with Crippen LogP contribution in [0.15, 0.2) is 29.6 Å². The van der Waals surface area contributed by atoms with Crippen LogP contribution < -0.4 is 4.74 Å². The number of rotatable bonds is 6. The van der Waals surface area contributed by atoms with Gasteiger partial charge < -0.3 is 19.5 Å². The van der Waals surface area contributed by atoms with Crippen molar-refractivity contribution in [1.29, 1.82) is 0 Å². The van der Waals surface area contributed by atoms with E-state index in [1.54, 1.807) is 10.3 Å². The van der Waals surface area contributed by atoms with Gasteiger partial charge >= 0.3 is 5.97 Å². The molecule has 2 aromatic rings. The van der Waals surface area contributed by atoms with Crippen LogP contribution >= 0.6 is 11.3 Å². The van der Waals surface area contributed by atoms with Crippen molar-refractivity contribution >= 4 is 23.2 Å². The first-order valence-electron chi connectivity index (χ1n) is 8.38. The third kappa shape index (κ3) is 4.39. The zero-order chi connectivity index (χ0) is 18.5. The van der Waals surface area contributed by atoms with Gasteiger partial charge in [0, 0.05) is 24.0 Å². The summed E-state index contributed by atoms with van der Waals surface area (Å²) in [5.74, 6) is -0.338. The Bertz CT molecular complexity index is 774. The van der Waals surface area contributed by atoms with E-state index >= 15 is 0 Å². The Hall–Kier alpha value is -2.45. The van der Waals surface area contributed by atoms with E-state index in [0.29, 0.717) is 25.5 Å². The number of benzene rings is 1. The maximum absolute atomic E-state index is 12.7. The quantitative estimate of drug-likeness (QED) is 0.833. The molecule has 1 N–H and O–H groups in total. The summed E-state index contributed by atoms with van der Waals surface area (Å²) >= 11 is 1.40. The summed E-state index contributed by atoms with van der Waals surface area (Å²) in [4.78, 5) is 29.6. The van der Waals surface area contributed by atoms with Gasteiger partial charge in [-0.25, -0.2) is 4.98 Å². The van der Waals surface area contributed by atoms with Crippen LogP contribution in [0.3, 0.4) is 0 Å². The van der Waals surface area contributed by atoms with Gasteiger partial charge in [-0.15, -0.1) is 11.3 Å². The third-order valence-corrected chi connectivity index (χ3v) is 4.86. The summed E-state index contributed by atoms with van der Waals surface area (Å²) in [6.07, 6.45) is -0.590. The molecule has 7 nitrogen and oxygen atoms in total. The van der Waals surface area contributed by atoms with Gasteiger partial charge in [-0.2, -0.15) is 0 Å². The molecule has 1 aliphatic heterocycles. The molecule has 8 heteroatoms. The van der Waals surface area contributed by atoms with Gasteiger partial charge in [-0.1, -0.05) is 0 Å². The minimum Gasteiger partial charge on any atom is -0.494 e. The van der Waals surface area contributed by atoms with E-state index in [4.69, 9.17) is 14.6 Å². The summed E-state index contributed by atoms with van der Waals surface area (Å²) in [5.41, 5.74) is 1.29. The number of morpholine rings is 1. The number of thiazole rings is 1. The summed E-state index contributed by atoms with van der Waals surface area (Å²) < 4.78 is 10.8. The molecule has 1 amide bonds. The second-order valence-electron chi connectivity index (χ2n) is 5.84. The van der Waals surface area contributed by atoms with Crippen LogP contribution in [0.1, 0.15) is 23.8 Å². The number of aromatic nitrogens is 1. The molecule has 1 aromatic carbocycles. The Kier molecular flexibility index (Phi) is 5.85. The van der Waals surface area contributed by atoms with Crippen LogP contribution in [0.25, 0.3) is 10.6 Å². The zero-order valence-corrected chi connectivity index (χ0v) is 15.2. The lowest BCUT2D eigenvalue weighted by molar-refractivity contribution is -0.141. The van der Waals surface area contributed by atoms with Gasteiger partial charge in [-0.05, 0) is 31.2 Å². The van der Waals surface area contributed by atoms with Crippen molar-refractivity contribution in [3.05, 3.63) is 35.3 Å². The molecule has 2 heterocycles. The topological polar surface area (TPSA) is 89.0 Å². The standard InChI is InChI=1S/C18H20N2O5S/c1-2-24-13-5-3-12(4-6-13)17-19-15(11-26-17)18(23)20-7-8-25-14(10-20)9-16(21)22/h3-6,11,14H,2,7-10H2,1H3,(H,21,22)/t14-/m1/s1. The lowest BCUT2D eigenvalue weighted by atomic mass is 10.2. The normalized spacial score (nSPS) is 17.1. The molecule has 0 unspecified atom stereocenters. The Morgan fingerprint density at radius 2 is 2.15 bits per heavy atom. The summed E-state index contributed by atoms with van der Waals surface area (Å²) in [7, 11) is 0. The van der Waals surface area contributed by atoms with Gasteiger partial charge in [-0.3, -0.25) is 9.59 Å². The summed E-state index contributed by atoms with van der Waals surface area (Å²) in [5, 5.41) is 11.4. The molecular formula is C18H20N2O5S. The fraction of sp³-hybridized carbons (Fsp3) is 0.389. The number of nitrogens with zero attached hydrogens (tertiary/aromatic N) is 2. The largest absolute Gasteiger partial charge is 0.494 e. The Balaban J connectivity index is 1.68. The number of amides is 1. The second kappa shape index (κ2) is 8.29. The van der Waals surface area contributed by atoms with Crippen molar-refractivity contribution in [2.45, 2.75) is 19.4 Å². The molecule has 1 aliphatic rings. The number of carbonyl (C=O) groups is 2. The predicted octanol–water partition coefficient (Wildman–Crippen LogP) is 2.52. The molecule has 0 aliphatic carbocycles. The number of carboxylic acids is 1. The van der Waals surface area contributed by atoms with E-state index in [-0.39, 0.29) is 18.9 Å². The van der Waals surface area contributed by atoms with Crippen molar-refractivity contribution in [3.63, 3.8) is 0 Å². The average molecular weight is 376 g/mol. The smallest absolute Gasteiger partial charge is 0.306 e. The number of carboxylic acid groups (broad SMARTS) is 1. The number of hydrogen-bond acceptors (Lipinski definition) is 6. The third-order valence-electron chi connectivity index (χ3n) is 3.96. The van der Waals surface area contributed by atoms with E-state index in [1.165, 1.54) is 11.3 Å². The molecule has 0 bridgehead atoms. The Morgan fingerprint density at radius 1 is 1.38 bits per heavy atom. The molecule has 0 spiro atoms. The van der Waals surface area contributed by atoms with Crippen LogP contribution in [0.5, 0.6) is 5.75 Å². The van der Waals surface area contributed by atoms with Gasteiger partial charge in [0.15, 0.2) is 0 Å².